The molecule has 1 aliphatic heterocycles. The summed E-state index contributed by atoms with van der Waals surface area (Å²) >= 11 is 0. The fourth-order valence-electron chi connectivity index (χ4n) is 5.17. The number of likely N-dealkylation sites (tertiary alicyclic amines) is 1. The molecule has 1 amide bonds. The van der Waals surface area contributed by atoms with Gasteiger partial charge in [0.05, 0.1) is 11.6 Å². The van der Waals surface area contributed by atoms with Gasteiger partial charge < -0.3 is 4.90 Å². The maximum absolute atomic E-state index is 13.6. The van der Waals surface area contributed by atoms with Gasteiger partial charge in [-0.2, -0.15) is 10.4 Å². The summed E-state index contributed by atoms with van der Waals surface area (Å²) in [4.78, 5) is 20.0. The molecule has 1 N–H and O–H groups in total. The summed E-state index contributed by atoms with van der Waals surface area (Å²) in [5.74, 6) is 1.81. The number of aryl methyl sites for hydroxylation is 2. The molecule has 1 aromatic heterocycles. The maximum atomic E-state index is 13.6. The number of halogens is 1. The average Bonchev–Trinajstić information content (AvgIpc) is 3.27. The summed E-state index contributed by atoms with van der Waals surface area (Å²) in [6, 6.07) is 13.9. The molecule has 6 nitrogen and oxygen atoms in total. The fourth-order valence-corrected chi connectivity index (χ4v) is 5.17. The molecule has 1 aliphatic carbocycles. The van der Waals surface area contributed by atoms with E-state index in [2.05, 4.69) is 21.3 Å². The van der Waals surface area contributed by atoms with Crippen molar-refractivity contribution in [2.75, 3.05) is 13.1 Å². The highest BCUT2D eigenvalue weighted by Gasteiger charge is 2.34. The van der Waals surface area contributed by atoms with Crippen LogP contribution in [0.3, 0.4) is 0 Å². The number of aromatic nitrogens is 3. The molecule has 0 radical (unpaired) electrons. The monoisotopic (exact) mass is 457 g/mol. The highest BCUT2D eigenvalue weighted by molar-refractivity contribution is 5.97. The Labute approximate surface area is 198 Å². The van der Waals surface area contributed by atoms with Crippen molar-refractivity contribution in [1.29, 1.82) is 5.26 Å². The van der Waals surface area contributed by atoms with Crippen molar-refractivity contribution < 1.29 is 9.18 Å². The van der Waals surface area contributed by atoms with Crippen LogP contribution in [0.5, 0.6) is 0 Å². The molecule has 1 saturated carbocycles. The molecule has 174 valence electrons. The van der Waals surface area contributed by atoms with E-state index in [9.17, 15) is 9.18 Å². The minimum atomic E-state index is -0.759. The Kier molecular flexibility index (Phi) is 5.91. The highest BCUT2D eigenvalue weighted by atomic mass is 19.1. The lowest BCUT2D eigenvalue weighted by atomic mass is 9.75. The molecule has 0 spiro atoms. The van der Waals surface area contributed by atoms with E-state index in [0.717, 1.165) is 29.5 Å². The minimum absolute atomic E-state index is 0.0211. The Morgan fingerprint density at radius 3 is 2.41 bits per heavy atom. The van der Waals surface area contributed by atoms with Gasteiger partial charge in [0.2, 0.25) is 0 Å². The molecule has 0 unspecified atom stereocenters. The van der Waals surface area contributed by atoms with Crippen molar-refractivity contribution in [2.45, 2.75) is 57.5 Å². The van der Waals surface area contributed by atoms with Crippen LogP contribution in [0.15, 0.2) is 36.4 Å². The van der Waals surface area contributed by atoms with Crippen molar-refractivity contribution in [3.05, 3.63) is 70.0 Å². The predicted molar refractivity (Wildman–Crippen MR) is 127 cm³/mol. The van der Waals surface area contributed by atoms with Crippen LogP contribution in [0.1, 0.15) is 76.0 Å². The lowest BCUT2D eigenvalue weighted by Crippen LogP contribution is -2.38. The van der Waals surface area contributed by atoms with Crippen molar-refractivity contribution in [2.24, 2.45) is 0 Å². The zero-order valence-electron chi connectivity index (χ0n) is 19.5. The van der Waals surface area contributed by atoms with Gasteiger partial charge in [0.25, 0.3) is 5.91 Å². The number of rotatable bonds is 4. The quantitative estimate of drug-likeness (QED) is 0.584. The maximum Gasteiger partial charge on any atom is 0.254 e. The Hall–Kier alpha value is -3.53. The molecule has 5 rings (SSSR count). The molecule has 2 aliphatic rings. The zero-order chi connectivity index (χ0) is 23.8. The third-order valence-corrected chi connectivity index (χ3v) is 7.28. The molecule has 7 heteroatoms. The van der Waals surface area contributed by atoms with Crippen LogP contribution in [0.4, 0.5) is 4.39 Å². The van der Waals surface area contributed by atoms with E-state index in [1.807, 2.05) is 55.1 Å². The largest absolute Gasteiger partial charge is 0.339 e. The molecular formula is C27H28FN5O. The number of nitrogens with zero attached hydrogens (tertiary/aromatic N) is 4. The van der Waals surface area contributed by atoms with Crippen LogP contribution in [0.25, 0.3) is 11.4 Å². The standard InChI is InChI=1S/C27H28FN5O/c1-16-11-24(21-12-22(28)13-21)25(26-30-17(2)31-32-26)14-23(16)27(34)33-9-7-20(8-10-33)19-5-3-18(15-29)4-6-19/h3-6,11,14,20-22H,7-10,12-13H2,1-2H3,(H,30,31,32). The van der Waals surface area contributed by atoms with E-state index in [4.69, 9.17) is 5.26 Å². The predicted octanol–water partition coefficient (Wildman–Crippen LogP) is 5.20. The van der Waals surface area contributed by atoms with Crippen molar-refractivity contribution >= 4 is 5.91 Å². The molecule has 0 bridgehead atoms. The minimum Gasteiger partial charge on any atom is -0.339 e. The number of nitriles is 1. The number of carbonyl (C=O) groups excluding carboxylic acids is 1. The summed E-state index contributed by atoms with van der Waals surface area (Å²) in [5, 5.41) is 16.2. The fraction of sp³-hybridized carbons (Fsp3) is 0.407. The number of piperidine rings is 1. The number of nitrogens with one attached hydrogen (secondary N) is 1. The molecule has 34 heavy (non-hydrogen) atoms. The first-order valence-corrected chi connectivity index (χ1v) is 11.9. The van der Waals surface area contributed by atoms with E-state index in [-0.39, 0.29) is 11.8 Å². The highest BCUT2D eigenvalue weighted by Crippen LogP contribution is 2.43. The molecule has 2 heterocycles. The van der Waals surface area contributed by atoms with Gasteiger partial charge in [-0.25, -0.2) is 9.37 Å². The molecule has 3 aromatic rings. The van der Waals surface area contributed by atoms with E-state index in [1.165, 1.54) is 5.56 Å². The number of alkyl halides is 1. The lowest BCUT2D eigenvalue weighted by molar-refractivity contribution is 0.0712. The topological polar surface area (TPSA) is 85.7 Å². The van der Waals surface area contributed by atoms with Crippen LogP contribution >= 0.6 is 0 Å². The lowest BCUT2D eigenvalue weighted by Gasteiger charge is -2.34. The van der Waals surface area contributed by atoms with Gasteiger partial charge >= 0.3 is 0 Å². The Balaban J connectivity index is 1.37. The van der Waals surface area contributed by atoms with Gasteiger partial charge in [0.1, 0.15) is 12.0 Å². The first-order valence-electron chi connectivity index (χ1n) is 11.9. The van der Waals surface area contributed by atoms with E-state index < -0.39 is 6.17 Å². The van der Waals surface area contributed by atoms with Crippen LogP contribution in [-0.2, 0) is 0 Å². The Morgan fingerprint density at radius 1 is 1.12 bits per heavy atom. The number of H-pyrrole nitrogens is 1. The number of aromatic amines is 1. The zero-order valence-corrected chi connectivity index (χ0v) is 19.5. The second-order valence-corrected chi connectivity index (χ2v) is 9.56. The van der Waals surface area contributed by atoms with Gasteiger partial charge in [0.15, 0.2) is 5.82 Å². The number of benzene rings is 2. The van der Waals surface area contributed by atoms with Crippen molar-refractivity contribution in [1.82, 2.24) is 20.1 Å². The smallest absolute Gasteiger partial charge is 0.254 e. The van der Waals surface area contributed by atoms with Gasteiger partial charge in [0, 0.05) is 24.2 Å². The van der Waals surface area contributed by atoms with Gasteiger partial charge in [-0.05, 0) is 86.3 Å². The third kappa shape index (κ3) is 4.21. The van der Waals surface area contributed by atoms with Crippen LogP contribution < -0.4 is 0 Å². The van der Waals surface area contributed by atoms with E-state index in [1.54, 1.807) is 0 Å². The van der Waals surface area contributed by atoms with Crippen molar-refractivity contribution in [3.8, 4) is 17.5 Å². The molecular weight excluding hydrogens is 429 g/mol. The molecule has 0 atom stereocenters. The first kappa shape index (κ1) is 22.3. The first-order chi connectivity index (χ1) is 16.4. The SMILES string of the molecule is Cc1nc(-c2cc(C(=O)N3CCC(c4ccc(C#N)cc4)CC3)c(C)cc2C2CC(F)C2)n[nH]1. The van der Waals surface area contributed by atoms with Gasteiger partial charge in [-0.15, -0.1) is 0 Å². The number of amides is 1. The molecule has 2 fully saturated rings. The van der Waals surface area contributed by atoms with Crippen molar-refractivity contribution in [3.63, 3.8) is 0 Å². The van der Waals surface area contributed by atoms with Crippen LogP contribution in [0.2, 0.25) is 0 Å². The Morgan fingerprint density at radius 2 is 1.82 bits per heavy atom. The summed E-state index contributed by atoms with van der Waals surface area (Å²) in [5.41, 5.74) is 5.31. The second-order valence-electron chi connectivity index (χ2n) is 9.56. The summed E-state index contributed by atoms with van der Waals surface area (Å²) in [6.07, 6.45) is 2.03. The number of hydrogen-bond donors (Lipinski definition) is 1. The summed E-state index contributed by atoms with van der Waals surface area (Å²) in [7, 11) is 0. The summed E-state index contributed by atoms with van der Waals surface area (Å²) < 4.78 is 13.6. The summed E-state index contributed by atoms with van der Waals surface area (Å²) in [6.45, 7) is 5.17. The van der Waals surface area contributed by atoms with E-state index >= 15 is 0 Å². The number of hydrogen-bond acceptors (Lipinski definition) is 4. The second kappa shape index (κ2) is 9.02. The van der Waals surface area contributed by atoms with Crippen LogP contribution in [-0.4, -0.2) is 45.2 Å². The Bertz CT molecular complexity index is 1250. The van der Waals surface area contributed by atoms with E-state index in [0.29, 0.717) is 54.6 Å². The average molecular weight is 458 g/mol. The third-order valence-electron chi connectivity index (χ3n) is 7.28. The van der Waals surface area contributed by atoms with Gasteiger partial charge in [-0.1, -0.05) is 18.2 Å². The van der Waals surface area contributed by atoms with Gasteiger partial charge in [-0.3, -0.25) is 9.89 Å². The molecule has 2 aromatic carbocycles. The van der Waals surface area contributed by atoms with Crippen LogP contribution in [0, 0.1) is 25.2 Å². The normalized spacial score (nSPS) is 20.6. The number of carbonyl (C=O) groups is 1. The molecule has 1 saturated heterocycles.